The number of hydrogen-bond acceptors (Lipinski definition) is 3. The molecule has 2 nitrogen and oxygen atoms in total. The van der Waals surface area contributed by atoms with Crippen LogP contribution in [0.25, 0.3) is 0 Å². The van der Waals surface area contributed by atoms with Gasteiger partial charge in [-0.3, -0.25) is 0 Å². The predicted molar refractivity (Wildman–Crippen MR) is 77.9 cm³/mol. The van der Waals surface area contributed by atoms with Gasteiger partial charge in [0.2, 0.25) is 0 Å². The normalized spacial score (nSPS) is 19.6. The van der Waals surface area contributed by atoms with Crippen LogP contribution in [0.5, 0.6) is 5.75 Å². The lowest BCUT2D eigenvalue weighted by atomic mass is 9.86. The molecule has 0 aliphatic carbocycles. The molecule has 2 aromatic rings. The van der Waals surface area contributed by atoms with Gasteiger partial charge in [-0.2, -0.15) is 11.3 Å². The molecule has 0 saturated heterocycles. The Morgan fingerprint density at radius 3 is 3.00 bits per heavy atom. The molecule has 0 amide bonds. The van der Waals surface area contributed by atoms with Gasteiger partial charge in [0.05, 0.1) is 12.7 Å². The minimum Gasteiger partial charge on any atom is -0.493 e. The Balaban J connectivity index is 1.80. The Morgan fingerprint density at radius 2 is 2.21 bits per heavy atom. The van der Waals surface area contributed by atoms with Crippen LogP contribution >= 0.6 is 11.3 Å². The highest BCUT2D eigenvalue weighted by Gasteiger charge is 2.24. The summed E-state index contributed by atoms with van der Waals surface area (Å²) in [4.78, 5) is 0. The van der Waals surface area contributed by atoms with Gasteiger partial charge in [0.1, 0.15) is 5.75 Å². The molecule has 1 aromatic heterocycles. The molecular formula is C16H18O2S. The van der Waals surface area contributed by atoms with E-state index in [9.17, 15) is 5.11 Å². The van der Waals surface area contributed by atoms with E-state index < -0.39 is 0 Å². The molecule has 1 aliphatic heterocycles. The first-order chi connectivity index (χ1) is 9.25. The van der Waals surface area contributed by atoms with Crippen molar-refractivity contribution in [3.63, 3.8) is 0 Å². The molecule has 0 radical (unpaired) electrons. The van der Waals surface area contributed by atoms with Crippen molar-refractivity contribution in [2.24, 2.45) is 0 Å². The van der Waals surface area contributed by atoms with Gasteiger partial charge in [0.25, 0.3) is 0 Å². The zero-order chi connectivity index (χ0) is 13.2. The molecule has 1 aliphatic rings. The van der Waals surface area contributed by atoms with Crippen molar-refractivity contribution in [1.82, 2.24) is 0 Å². The summed E-state index contributed by atoms with van der Waals surface area (Å²) < 4.78 is 5.67. The van der Waals surface area contributed by atoms with Crippen molar-refractivity contribution in [3.8, 4) is 5.75 Å². The summed E-state index contributed by atoms with van der Waals surface area (Å²) in [6.07, 6.45) is 1.39. The molecule has 1 aromatic carbocycles. The fourth-order valence-corrected chi connectivity index (χ4v) is 3.67. The van der Waals surface area contributed by atoms with E-state index in [1.165, 1.54) is 11.1 Å². The van der Waals surface area contributed by atoms with Crippen molar-refractivity contribution < 1.29 is 9.84 Å². The maximum Gasteiger partial charge on any atom is 0.122 e. The fraction of sp³-hybridized carbons (Fsp3) is 0.375. The van der Waals surface area contributed by atoms with Crippen LogP contribution in [0.4, 0.5) is 0 Å². The number of para-hydroxylation sites is 1. The van der Waals surface area contributed by atoms with Crippen LogP contribution in [0.15, 0.2) is 35.0 Å². The quantitative estimate of drug-likeness (QED) is 0.915. The standard InChI is InChI=1S/C16H18O2S/c1-11-9-19-10-14(11)15(17)8-12-6-7-18-16-5-3-2-4-13(12)16/h2-5,9-10,12,15,17H,6-8H2,1H3. The van der Waals surface area contributed by atoms with Gasteiger partial charge in [0, 0.05) is 0 Å². The van der Waals surface area contributed by atoms with E-state index in [2.05, 4.69) is 23.8 Å². The van der Waals surface area contributed by atoms with E-state index in [-0.39, 0.29) is 6.10 Å². The van der Waals surface area contributed by atoms with Gasteiger partial charge in [-0.25, -0.2) is 0 Å². The summed E-state index contributed by atoms with van der Waals surface area (Å²) in [6.45, 7) is 2.81. The Morgan fingerprint density at radius 1 is 1.37 bits per heavy atom. The number of ether oxygens (including phenoxy) is 1. The predicted octanol–water partition coefficient (Wildman–Crippen LogP) is 4.05. The summed E-state index contributed by atoms with van der Waals surface area (Å²) in [5, 5.41) is 14.6. The van der Waals surface area contributed by atoms with Crippen molar-refractivity contribution >= 4 is 11.3 Å². The average molecular weight is 274 g/mol. The first-order valence-corrected chi connectivity index (χ1v) is 7.62. The van der Waals surface area contributed by atoms with E-state index in [4.69, 9.17) is 4.74 Å². The van der Waals surface area contributed by atoms with Crippen LogP contribution in [0, 0.1) is 6.92 Å². The van der Waals surface area contributed by atoms with Crippen molar-refractivity contribution in [3.05, 3.63) is 51.7 Å². The van der Waals surface area contributed by atoms with E-state index in [1.807, 2.05) is 18.2 Å². The van der Waals surface area contributed by atoms with Crippen LogP contribution in [-0.4, -0.2) is 11.7 Å². The van der Waals surface area contributed by atoms with E-state index >= 15 is 0 Å². The fourth-order valence-electron chi connectivity index (χ4n) is 2.77. The molecule has 19 heavy (non-hydrogen) atoms. The molecule has 1 N–H and O–H groups in total. The maximum atomic E-state index is 10.4. The zero-order valence-corrected chi connectivity index (χ0v) is 11.8. The number of rotatable bonds is 3. The Bertz CT molecular complexity index is 561. The maximum absolute atomic E-state index is 10.4. The first kappa shape index (κ1) is 12.7. The van der Waals surface area contributed by atoms with E-state index in [0.29, 0.717) is 5.92 Å². The molecule has 3 rings (SSSR count). The van der Waals surface area contributed by atoms with Gasteiger partial charge >= 0.3 is 0 Å². The van der Waals surface area contributed by atoms with Crippen LogP contribution in [0.2, 0.25) is 0 Å². The number of fused-ring (bicyclic) bond motifs is 1. The molecule has 3 heteroatoms. The number of aryl methyl sites for hydroxylation is 1. The Kier molecular flexibility index (Phi) is 3.58. The summed E-state index contributed by atoms with van der Waals surface area (Å²) in [7, 11) is 0. The Hall–Kier alpha value is -1.32. The summed E-state index contributed by atoms with van der Waals surface area (Å²) >= 11 is 1.66. The number of aliphatic hydroxyl groups is 1. The van der Waals surface area contributed by atoms with Crippen LogP contribution in [-0.2, 0) is 0 Å². The Labute approximate surface area is 117 Å². The SMILES string of the molecule is Cc1cscc1C(O)CC1CCOc2ccccc21. The molecule has 2 unspecified atom stereocenters. The topological polar surface area (TPSA) is 29.5 Å². The van der Waals surface area contributed by atoms with E-state index in [0.717, 1.165) is 30.8 Å². The lowest BCUT2D eigenvalue weighted by Crippen LogP contribution is -2.16. The highest BCUT2D eigenvalue weighted by Crippen LogP contribution is 2.39. The van der Waals surface area contributed by atoms with Gasteiger partial charge in [0.15, 0.2) is 0 Å². The molecule has 100 valence electrons. The third-order valence-corrected chi connectivity index (χ3v) is 4.72. The smallest absolute Gasteiger partial charge is 0.122 e. The van der Waals surface area contributed by atoms with Crippen LogP contribution in [0.3, 0.4) is 0 Å². The second kappa shape index (κ2) is 5.35. The number of thiophene rings is 1. The minimum absolute atomic E-state index is 0.373. The highest BCUT2D eigenvalue weighted by atomic mass is 32.1. The van der Waals surface area contributed by atoms with Gasteiger partial charge in [-0.05, 0) is 59.2 Å². The lowest BCUT2D eigenvalue weighted by molar-refractivity contribution is 0.145. The minimum atomic E-state index is -0.373. The van der Waals surface area contributed by atoms with E-state index in [1.54, 1.807) is 11.3 Å². The molecule has 2 heterocycles. The summed E-state index contributed by atoms with van der Waals surface area (Å²) in [5.41, 5.74) is 3.51. The number of benzene rings is 1. The summed E-state index contributed by atoms with van der Waals surface area (Å²) in [5.74, 6) is 1.37. The van der Waals surface area contributed by atoms with Crippen molar-refractivity contribution in [2.45, 2.75) is 31.8 Å². The molecular weight excluding hydrogens is 256 g/mol. The van der Waals surface area contributed by atoms with Gasteiger partial charge < -0.3 is 9.84 Å². The zero-order valence-electron chi connectivity index (χ0n) is 11.0. The second-order valence-electron chi connectivity index (χ2n) is 5.13. The summed E-state index contributed by atoms with van der Waals surface area (Å²) in [6, 6.07) is 8.18. The first-order valence-electron chi connectivity index (χ1n) is 6.68. The average Bonchev–Trinajstić information content (AvgIpc) is 2.85. The number of hydrogen-bond donors (Lipinski definition) is 1. The molecule has 0 saturated carbocycles. The molecule has 0 fully saturated rings. The van der Waals surface area contributed by atoms with Crippen LogP contribution in [0.1, 0.15) is 41.6 Å². The molecule has 0 spiro atoms. The molecule has 0 bridgehead atoms. The highest BCUT2D eigenvalue weighted by molar-refractivity contribution is 7.08. The monoisotopic (exact) mass is 274 g/mol. The van der Waals surface area contributed by atoms with Gasteiger partial charge in [-0.1, -0.05) is 18.2 Å². The number of aliphatic hydroxyl groups excluding tert-OH is 1. The lowest BCUT2D eigenvalue weighted by Gasteiger charge is -2.27. The van der Waals surface area contributed by atoms with Gasteiger partial charge in [-0.15, -0.1) is 0 Å². The third kappa shape index (κ3) is 2.53. The van der Waals surface area contributed by atoms with Crippen LogP contribution < -0.4 is 4.74 Å². The second-order valence-corrected chi connectivity index (χ2v) is 5.88. The molecule has 2 atom stereocenters. The van der Waals surface area contributed by atoms with Crippen molar-refractivity contribution in [1.29, 1.82) is 0 Å². The van der Waals surface area contributed by atoms with Crippen molar-refractivity contribution in [2.75, 3.05) is 6.61 Å². The largest absolute Gasteiger partial charge is 0.493 e. The third-order valence-electron chi connectivity index (χ3n) is 3.84.